The van der Waals surface area contributed by atoms with E-state index >= 15 is 0 Å². The van der Waals surface area contributed by atoms with Gasteiger partial charge in [0, 0.05) is 35.8 Å². The number of sulfonamides is 1. The molecule has 0 bridgehead atoms. The molecule has 0 aromatic heterocycles. The minimum absolute atomic E-state index is 0.248. The second kappa shape index (κ2) is 7.66. The van der Waals surface area contributed by atoms with E-state index in [1.807, 2.05) is 11.8 Å². The Bertz CT molecular complexity index is 513. The fraction of sp³-hybridized carbons (Fsp3) is 0.538. The van der Waals surface area contributed by atoms with Crippen molar-refractivity contribution in [3.8, 4) is 0 Å². The van der Waals surface area contributed by atoms with Crippen LogP contribution in [0, 0.1) is 0 Å². The van der Waals surface area contributed by atoms with Crippen LogP contribution in [0.15, 0.2) is 29.2 Å². The normalized spacial score (nSPS) is 17.2. The fourth-order valence-corrected chi connectivity index (χ4v) is 4.31. The van der Waals surface area contributed by atoms with Crippen LogP contribution in [0.5, 0.6) is 0 Å². The molecule has 0 radical (unpaired) electrons. The van der Waals surface area contributed by atoms with Crippen LogP contribution in [0.25, 0.3) is 0 Å². The Kier molecular flexibility index (Phi) is 6.17. The molecule has 0 atom stereocenters. The summed E-state index contributed by atoms with van der Waals surface area (Å²) in [5.74, 6) is 0.775. The van der Waals surface area contributed by atoms with Crippen molar-refractivity contribution in [1.29, 1.82) is 0 Å². The summed E-state index contributed by atoms with van der Waals surface area (Å²) in [6, 6.07) is 6.17. The molecule has 112 valence electrons. The van der Waals surface area contributed by atoms with Gasteiger partial charge in [-0.3, -0.25) is 0 Å². The van der Waals surface area contributed by atoms with E-state index in [0.29, 0.717) is 16.8 Å². The maximum absolute atomic E-state index is 12.0. The van der Waals surface area contributed by atoms with Crippen molar-refractivity contribution in [3.63, 3.8) is 0 Å². The van der Waals surface area contributed by atoms with Crippen LogP contribution >= 0.6 is 23.4 Å². The zero-order valence-corrected chi connectivity index (χ0v) is 13.4. The summed E-state index contributed by atoms with van der Waals surface area (Å²) >= 11 is 7.55. The summed E-state index contributed by atoms with van der Waals surface area (Å²) in [6.07, 6.45) is 2.10. The van der Waals surface area contributed by atoms with Gasteiger partial charge in [-0.25, -0.2) is 13.1 Å². The van der Waals surface area contributed by atoms with Crippen molar-refractivity contribution < 1.29 is 13.2 Å². The van der Waals surface area contributed by atoms with E-state index in [4.69, 9.17) is 16.3 Å². The van der Waals surface area contributed by atoms with E-state index in [-0.39, 0.29) is 4.90 Å². The van der Waals surface area contributed by atoms with Gasteiger partial charge < -0.3 is 4.74 Å². The van der Waals surface area contributed by atoms with Crippen LogP contribution in [0.3, 0.4) is 0 Å². The van der Waals surface area contributed by atoms with Gasteiger partial charge in [0.15, 0.2) is 0 Å². The lowest BCUT2D eigenvalue weighted by atomic mass is 10.2. The highest BCUT2D eigenvalue weighted by Gasteiger charge is 2.16. The smallest absolute Gasteiger partial charge is 0.240 e. The Balaban J connectivity index is 1.76. The Morgan fingerprint density at radius 1 is 1.25 bits per heavy atom. The maximum atomic E-state index is 12.0. The molecule has 1 aliphatic heterocycles. The highest BCUT2D eigenvalue weighted by molar-refractivity contribution is 8.00. The third-order valence-corrected chi connectivity index (χ3v) is 6.15. The van der Waals surface area contributed by atoms with Gasteiger partial charge in [-0.2, -0.15) is 11.8 Å². The topological polar surface area (TPSA) is 55.4 Å². The predicted octanol–water partition coefficient (Wildman–Crippen LogP) is 2.53. The first-order chi connectivity index (χ1) is 9.58. The van der Waals surface area contributed by atoms with Crippen LogP contribution in [0.1, 0.15) is 12.8 Å². The van der Waals surface area contributed by atoms with Gasteiger partial charge in [-0.15, -0.1) is 0 Å². The zero-order chi connectivity index (χ0) is 14.4. The third kappa shape index (κ3) is 4.93. The second-order valence-corrected chi connectivity index (χ2v) is 8.15. The molecule has 0 spiro atoms. The Hall–Kier alpha value is -0.270. The van der Waals surface area contributed by atoms with Crippen LogP contribution < -0.4 is 4.72 Å². The summed E-state index contributed by atoms with van der Waals surface area (Å²) in [7, 11) is -3.43. The summed E-state index contributed by atoms with van der Waals surface area (Å²) in [5.41, 5.74) is 0. The molecule has 2 rings (SSSR count). The van der Waals surface area contributed by atoms with Gasteiger partial charge in [0.1, 0.15) is 0 Å². The summed E-state index contributed by atoms with van der Waals surface area (Å²) in [6.45, 7) is 2.06. The van der Waals surface area contributed by atoms with E-state index < -0.39 is 10.0 Å². The van der Waals surface area contributed by atoms with Gasteiger partial charge in [-0.05, 0) is 37.1 Å². The van der Waals surface area contributed by atoms with Gasteiger partial charge in [0.2, 0.25) is 10.0 Å². The van der Waals surface area contributed by atoms with Crippen molar-refractivity contribution in [3.05, 3.63) is 29.3 Å². The van der Waals surface area contributed by atoms with Crippen molar-refractivity contribution in [1.82, 2.24) is 4.72 Å². The van der Waals surface area contributed by atoms with E-state index in [2.05, 4.69) is 4.72 Å². The van der Waals surface area contributed by atoms with Gasteiger partial charge >= 0.3 is 0 Å². The monoisotopic (exact) mass is 335 g/mol. The first-order valence-corrected chi connectivity index (χ1v) is 9.43. The average Bonchev–Trinajstić information content (AvgIpc) is 2.45. The number of nitrogens with one attached hydrogen (secondary N) is 1. The lowest BCUT2D eigenvalue weighted by Crippen LogP contribution is -2.27. The SMILES string of the molecule is O=S(=O)(NCCSC1CCOCC1)c1ccc(Cl)cc1. The van der Waals surface area contributed by atoms with E-state index in [9.17, 15) is 8.42 Å². The Labute approximate surface area is 129 Å². The molecule has 1 aromatic rings. The molecular formula is C13H18ClNO3S2. The maximum Gasteiger partial charge on any atom is 0.240 e. The van der Waals surface area contributed by atoms with Gasteiger partial charge in [-0.1, -0.05) is 11.6 Å². The van der Waals surface area contributed by atoms with Crippen LogP contribution in [0.2, 0.25) is 5.02 Å². The molecule has 20 heavy (non-hydrogen) atoms. The Morgan fingerprint density at radius 2 is 1.90 bits per heavy atom. The highest BCUT2D eigenvalue weighted by atomic mass is 35.5. The van der Waals surface area contributed by atoms with E-state index in [1.54, 1.807) is 12.1 Å². The quantitative estimate of drug-likeness (QED) is 0.812. The molecule has 1 heterocycles. The zero-order valence-electron chi connectivity index (χ0n) is 11.0. The number of rotatable bonds is 6. The number of hydrogen-bond acceptors (Lipinski definition) is 4. The summed E-state index contributed by atoms with van der Waals surface area (Å²) in [5, 5.41) is 1.11. The molecule has 1 aromatic carbocycles. The minimum Gasteiger partial charge on any atom is -0.381 e. The lowest BCUT2D eigenvalue weighted by molar-refractivity contribution is 0.100. The molecule has 7 heteroatoms. The van der Waals surface area contributed by atoms with E-state index in [1.165, 1.54) is 12.1 Å². The molecule has 1 aliphatic rings. The number of halogens is 1. The van der Waals surface area contributed by atoms with Crippen LogP contribution in [-0.4, -0.2) is 39.2 Å². The van der Waals surface area contributed by atoms with Crippen molar-refractivity contribution in [2.75, 3.05) is 25.5 Å². The standard InChI is InChI=1S/C13H18ClNO3S2/c14-11-1-3-13(4-2-11)20(16,17)15-7-10-19-12-5-8-18-9-6-12/h1-4,12,15H,5-10H2. The summed E-state index contributed by atoms with van der Waals surface area (Å²) < 4.78 is 31.9. The number of thioether (sulfide) groups is 1. The highest BCUT2D eigenvalue weighted by Crippen LogP contribution is 2.21. The van der Waals surface area contributed by atoms with Gasteiger partial charge in [0.05, 0.1) is 4.90 Å². The molecule has 0 unspecified atom stereocenters. The van der Waals surface area contributed by atoms with Crippen LogP contribution in [0.4, 0.5) is 0 Å². The Morgan fingerprint density at radius 3 is 2.55 bits per heavy atom. The molecular weight excluding hydrogens is 318 g/mol. The number of hydrogen-bond donors (Lipinski definition) is 1. The molecule has 1 fully saturated rings. The molecule has 1 saturated heterocycles. The fourth-order valence-electron chi connectivity index (χ4n) is 1.94. The first kappa shape index (κ1) is 16.1. The minimum atomic E-state index is -3.43. The molecule has 0 saturated carbocycles. The van der Waals surface area contributed by atoms with Gasteiger partial charge in [0.25, 0.3) is 0 Å². The van der Waals surface area contributed by atoms with Crippen LogP contribution in [-0.2, 0) is 14.8 Å². The third-order valence-electron chi connectivity index (χ3n) is 3.04. The van der Waals surface area contributed by atoms with E-state index in [0.717, 1.165) is 31.8 Å². The summed E-state index contributed by atoms with van der Waals surface area (Å²) in [4.78, 5) is 0.248. The average molecular weight is 336 g/mol. The van der Waals surface area contributed by atoms with Crippen molar-refractivity contribution >= 4 is 33.4 Å². The lowest BCUT2D eigenvalue weighted by Gasteiger charge is -2.21. The second-order valence-electron chi connectivity index (χ2n) is 4.53. The molecule has 4 nitrogen and oxygen atoms in total. The largest absolute Gasteiger partial charge is 0.381 e. The first-order valence-electron chi connectivity index (χ1n) is 6.52. The predicted molar refractivity (Wildman–Crippen MR) is 82.9 cm³/mol. The molecule has 1 N–H and O–H groups in total. The number of benzene rings is 1. The van der Waals surface area contributed by atoms with Crippen molar-refractivity contribution in [2.45, 2.75) is 23.0 Å². The van der Waals surface area contributed by atoms with Crippen molar-refractivity contribution in [2.24, 2.45) is 0 Å². The number of ether oxygens (including phenoxy) is 1. The molecule has 0 aliphatic carbocycles. The molecule has 0 amide bonds.